The minimum Gasteiger partial charge on any atom is -0.304 e. The lowest BCUT2D eigenvalue weighted by Gasteiger charge is -2.02. The zero-order valence-electron chi connectivity index (χ0n) is 11.4. The van der Waals surface area contributed by atoms with Crippen molar-refractivity contribution >= 4 is 23.1 Å². The lowest BCUT2D eigenvalue weighted by atomic mass is 10.1. The summed E-state index contributed by atoms with van der Waals surface area (Å²) in [6, 6.07) is 3.62. The number of nitrogens with zero attached hydrogens (tertiary/aromatic N) is 5. The van der Waals surface area contributed by atoms with Crippen LogP contribution in [0.3, 0.4) is 0 Å². The number of rotatable bonds is 4. The number of hydrogen-bond donors (Lipinski definition) is 2. The Morgan fingerprint density at radius 1 is 1.48 bits per heavy atom. The van der Waals surface area contributed by atoms with Crippen LogP contribution in [-0.4, -0.2) is 36.3 Å². The quantitative estimate of drug-likeness (QED) is 0.765. The van der Waals surface area contributed by atoms with Crippen LogP contribution in [0.2, 0.25) is 0 Å². The molecule has 108 valence electrons. The van der Waals surface area contributed by atoms with Gasteiger partial charge in [0.1, 0.15) is 11.2 Å². The van der Waals surface area contributed by atoms with Gasteiger partial charge in [-0.05, 0) is 27.8 Å². The van der Waals surface area contributed by atoms with E-state index in [4.69, 9.17) is 0 Å². The number of carbonyl (C=O) groups is 1. The van der Waals surface area contributed by atoms with Crippen LogP contribution in [0, 0.1) is 0 Å². The SMILES string of the molecule is CC(C)c1cc(NC(=O)c2sccc2-n2cnnn2)n[nH]1. The van der Waals surface area contributed by atoms with E-state index in [1.54, 1.807) is 6.07 Å². The fourth-order valence-electron chi connectivity index (χ4n) is 1.79. The molecule has 0 aliphatic heterocycles. The Bertz CT molecular complexity index is 743. The van der Waals surface area contributed by atoms with Crippen LogP contribution in [-0.2, 0) is 0 Å². The zero-order chi connectivity index (χ0) is 14.8. The van der Waals surface area contributed by atoms with Crippen molar-refractivity contribution in [2.75, 3.05) is 5.32 Å². The third-order valence-electron chi connectivity index (χ3n) is 2.91. The minimum absolute atomic E-state index is 0.239. The molecule has 0 spiro atoms. The van der Waals surface area contributed by atoms with E-state index in [0.717, 1.165) is 5.69 Å². The molecule has 0 aromatic carbocycles. The molecule has 8 nitrogen and oxygen atoms in total. The first-order valence-electron chi connectivity index (χ1n) is 6.32. The highest BCUT2D eigenvalue weighted by Crippen LogP contribution is 2.22. The lowest BCUT2D eigenvalue weighted by molar-refractivity contribution is 0.103. The number of H-pyrrole nitrogens is 1. The highest BCUT2D eigenvalue weighted by molar-refractivity contribution is 7.12. The van der Waals surface area contributed by atoms with Crippen molar-refractivity contribution in [3.05, 3.63) is 34.4 Å². The number of amides is 1. The Labute approximate surface area is 124 Å². The summed E-state index contributed by atoms with van der Waals surface area (Å²) in [5.74, 6) is 0.582. The van der Waals surface area contributed by atoms with Crippen molar-refractivity contribution < 1.29 is 4.79 Å². The Hall–Kier alpha value is -2.55. The number of hydrogen-bond acceptors (Lipinski definition) is 6. The van der Waals surface area contributed by atoms with Gasteiger partial charge in [-0.1, -0.05) is 13.8 Å². The van der Waals surface area contributed by atoms with Crippen LogP contribution in [0.5, 0.6) is 0 Å². The van der Waals surface area contributed by atoms with Crippen molar-refractivity contribution in [3.63, 3.8) is 0 Å². The maximum absolute atomic E-state index is 12.3. The minimum atomic E-state index is -0.239. The summed E-state index contributed by atoms with van der Waals surface area (Å²) in [4.78, 5) is 12.9. The molecular formula is C12H13N7OS. The fourth-order valence-corrected chi connectivity index (χ4v) is 2.57. The van der Waals surface area contributed by atoms with Crippen LogP contribution in [0.1, 0.15) is 35.1 Å². The van der Waals surface area contributed by atoms with E-state index < -0.39 is 0 Å². The number of aromatic nitrogens is 6. The van der Waals surface area contributed by atoms with Crippen molar-refractivity contribution in [3.8, 4) is 5.69 Å². The molecule has 9 heteroatoms. The summed E-state index contributed by atoms with van der Waals surface area (Å²) < 4.78 is 1.45. The molecule has 3 aromatic rings. The molecule has 0 saturated carbocycles. The topological polar surface area (TPSA) is 101 Å². The number of thiophene rings is 1. The number of nitrogens with one attached hydrogen (secondary N) is 2. The van der Waals surface area contributed by atoms with Gasteiger partial charge in [0.05, 0.1) is 5.69 Å². The predicted octanol–water partition coefficient (Wildman–Crippen LogP) is 1.82. The van der Waals surface area contributed by atoms with Crippen LogP contribution in [0.15, 0.2) is 23.8 Å². The molecule has 0 saturated heterocycles. The third kappa shape index (κ3) is 2.68. The molecular weight excluding hydrogens is 290 g/mol. The normalized spacial score (nSPS) is 11.0. The molecule has 0 aliphatic carbocycles. The molecule has 0 bridgehead atoms. The van der Waals surface area contributed by atoms with Crippen molar-refractivity contribution in [2.45, 2.75) is 19.8 Å². The first-order valence-corrected chi connectivity index (χ1v) is 7.20. The van der Waals surface area contributed by atoms with Crippen molar-refractivity contribution in [2.24, 2.45) is 0 Å². The molecule has 0 unspecified atom stereocenters. The largest absolute Gasteiger partial charge is 0.304 e. The molecule has 2 N–H and O–H groups in total. The van der Waals surface area contributed by atoms with Gasteiger partial charge in [-0.15, -0.1) is 16.4 Å². The molecule has 3 aromatic heterocycles. The Balaban J connectivity index is 1.81. The summed E-state index contributed by atoms with van der Waals surface area (Å²) in [7, 11) is 0. The summed E-state index contributed by atoms with van der Waals surface area (Å²) in [5, 5.41) is 22.5. The first kappa shape index (κ1) is 13.4. The predicted molar refractivity (Wildman–Crippen MR) is 77.7 cm³/mol. The van der Waals surface area contributed by atoms with Gasteiger partial charge in [0.25, 0.3) is 5.91 Å². The van der Waals surface area contributed by atoms with Crippen LogP contribution >= 0.6 is 11.3 Å². The molecule has 3 rings (SSSR count). The Kier molecular flexibility index (Phi) is 3.48. The average Bonchev–Trinajstić information content (AvgIpc) is 3.19. The lowest BCUT2D eigenvalue weighted by Crippen LogP contribution is -2.13. The van der Waals surface area contributed by atoms with E-state index in [1.807, 2.05) is 25.3 Å². The average molecular weight is 303 g/mol. The zero-order valence-corrected chi connectivity index (χ0v) is 12.3. The van der Waals surface area contributed by atoms with Gasteiger partial charge in [0.2, 0.25) is 0 Å². The first-order chi connectivity index (χ1) is 10.1. The standard InChI is InChI=1S/C12H13N7OS/c1-7(2)8-5-10(16-15-8)14-12(20)11-9(3-4-21-11)19-6-13-17-18-19/h3-7H,1-2H3,(H2,14,15,16,20). The fraction of sp³-hybridized carbons (Fsp3) is 0.250. The highest BCUT2D eigenvalue weighted by atomic mass is 32.1. The van der Waals surface area contributed by atoms with Crippen LogP contribution in [0.4, 0.5) is 5.82 Å². The Morgan fingerprint density at radius 2 is 2.33 bits per heavy atom. The number of tetrazole rings is 1. The van der Waals surface area contributed by atoms with E-state index in [-0.39, 0.29) is 5.91 Å². The smallest absolute Gasteiger partial charge is 0.269 e. The summed E-state index contributed by atoms with van der Waals surface area (Å²) >= 11 is 1.32. The number of aromatic amines is 1. The maximum Gasteiger partial charge on any atom is 0.269 e. The van der Waals surface area contributed by atoms with Gasteiger partial charge in [0.15, 0.2) is 5.82 Å². The number of carbonyl (C=O) groups excluding carboxylic acids is 1. The van der Waals surface area contributed by atoms with E-state index >= 15 is 0 Å². The summed E-state index contributed by atoms with van der Waals surface area (Å²) in [6.07, 6.45) is 1.45. The second-order valence-corrected chi connectivity index (χ2v) is 5.62. The van der Waals surface area contributed by atoms with Gasteiger partial charge in [-0.3, -0.25) is 9.89 Å². The van der Waals surface area contributed by atoms with Crippen molar-refractivity contribution in [1.82, 2.24) is 30.4 Å². The molecule has 3 heterocycles. The maximum atomic E-state index is 12.3. The Morgan fingerprint density at radius 3 is 3.00 bits per heavy atom. The van der Waals surface area contributed by atoms with Crippen LogP contribution in [0.25, 0.3) is 5.69 Å². The molecule has 0 fully saturated rings. The van der Waals surface area contributed by atoms with Gasteiger partial charge in [-0.25, -0.2) is 0 Å². The van der Waals surface area contributed by atoms with Crippen molar-refractivity contribution in [1.29, 1.82) is 0 Å². The van der Waals surface area contributed by atoms with Gasteiger partial charge < -0.3 is 5.32 Å². The van der Waals surface area contributed by atoms with E-state index in [2.05, 4.69) is 31.0 Å². The molecule has 1 amide bonds. The highest BCUT2D eigenvalue weighted by Gasteiger charge is 2.17. The summed E-state index contributed by atoms with van der Waals surface area (Å²) in [5.41, 5.74) is 1.61. The third-order valence-corrected chi connectivity index (χ3v) is 3.81. The molecule has 21 heavy (non-hydrogen) atoms. The number of anilines is 1. The second kappa shape index (κ2) is 5.44. The van der Waals surface area contributed by atoms with Gasteiger partial charge in [0, 0.05) is 11.8 Å². The molecule has 0 atom stereocenters. The van der Waals surface area contributed by atoms with E-state index in [0.29, 0.717) is 22.3 Å². The van der Waals surface area contributed by atoms with Gasteiger partial charge in [-0.2, -0.15) is 9.78 Å². The monoisotopic (exact) mass is 303 g/mol. The molecule has 0 aliphatic rings. The van der Waals surface area contributed by atoms with E-state index in [9.17, 15) is 4.79 Å². The summed E-state index contributed by atoms with van der Waals surface area (Å²) in [6.45, 7) is 4.10. The van der Waals surface area contributed by atoms with E-state index in [1.165, 1.54) is 22.3 Å². The second-order valence-electron chi connectivity index (χ2n) is 4.71. The molecule has 0 radical (unpaired) electrons. The van der Waals surface area contributed by atoms with Crippen LogP contribution < -0.4 is 5.32 Å². The van der Waals surface area contributed by atoms with Gasteiger partial charge >= 0.3 is 0 Å².